The van der Waals surface area contributed by atoms with E-state index in [4.69, 9.17) is 4.74 Å². The molecule has 0 bridgehead atoms. The first-order valence-electron chi connectivity index (χ1n) is 7.17. The number of carbonyl (C=O) groups excluding carboxylic acids is 1. The second-order valence-corrected chi connectivity index (χ2v) is 6.13. The number of fused-ring (bicyclic) bond motifs is 1. The summed E-state index contributed by atoms with van der Waals surface area (Å²) in [4.78, 5) is 18.2. The SMILES string of the molecule is COc1ccc2nc(C(=O)N(C)c3ccc(Br)cc3F)ccc2c1. The standard InChI is InChI=1S/C18H14BrFN2O2/c1-22(17-8-4-12(19)10-14(17)20)18(23)16-6-3-11-9-13(24-2)5-7-15(11)21-16/h3-10H,1-2H3. The molecule has 122 valence electrons. The normalized spacial score (nSPS) is 10.7. The van der Waals surface area contributed by atoms with Crippen LogP contribution >= 0.6 is 15.9 Å². The summed E-state index contributed by atoms with van der Waals surface area (Å²) in [6.45, 7) is 0. The number of benzene rings is 2. The third-order valence-electron chi connectivity index (χ3n) is 3.69. The maximum absolute atomic E-state index is 14.1. The van der Waals surface area contributed by atoms with Gasteiger partial charge in [-0.25, -0.2) is 9.37 Å². The minimum absolute atomic E-state index is 0.194. The van der Waals surface area contributed by atoms with Crippen LogP contribution in [0.4, 0.5) is 10.1 Å². The topological polar surface area (TPSA) is 42.4 Å². The minimum atomic E-state index is -0.481. The number of rotatable bonds is 3. The molecule has 0 unspecified atom stereocenters. The predicted molar refractivity (Wildman–Crippen MR) is 95.1 cm³/mol. The van der Waals surface area contributed by atoms with Gasteiger partial charge in [-0.2, -0.15) is 0 Å². The Balaban J connectivity index is 1.95. The van der Waals surface area contributed by atoms with E-state index in [1.165, 1.54) is 18.0 Å². The average Bonchev–Trinajstić information content (AvgIpc) is 2.59. The Labute approximate surface area is 147 Å². The number of hydrogen-bond acceptors (Lipinski definition) is 3. The Morgan fingerprint density at radius 1 is 1.17 bits per heavy atom. The predicted octanol–water partition coefficient (Wildman–Crippen LogP) is 4.42. The van der Waals surface area contributed by atoms with Crippen LogP contribution in [0.15, 0.2) is 53.0 Å². The number of pyridine rings is 1. The molecule has 0 radical (unpaired) electrons. The third-order valence-corrected chi connectivity index (χ3v) is 4.18. The lowest BCUT2D eigenvalue weighted by molar-refractivity contribution is 0.0988. The van der Waals surface area contributed by atoms with Gasteiger partial charge in [0.15, 0.2) is 0 Å². The van der Waals surface area contributed by atoms with E-state index in [1.807, 2.05) is 6.07 Å². The molecule has 2 aromatic carbocycles. The molecule has 3 aromatic rings. The number of methoxy groups -OCH3 is 1. The summed E-state index contributed by atoms with van der Waals surface area (Å²) in [5.41, 5.74) is 1.11. The van der Waals surface area contributed by atoms with E-state index in [0.717, 1.165) is 11.1 Å². The molecule has 1 aromatic heterocycles. The first kappa shape index (κ1) is 16.4. The number of hydrogen-bond donors (Lipinski definition) is 0. The van der Waals surface area contributed by atoms with Gasteiger partial charge in [0.1, 0.15) is 17.3 Å². The molecule has 0 aliphatic heterocycles. The van der Waals surface area contributed by atoms with E-state index in [2.05, 4.69) is 20.9 Å². The molecule has 6 heteroatoms. The lowest BCUT2D eigenvalue weighted by atomic mass is 10.2. The number of ether oxygens (including phenoxy) is 1. The van der Waals surface area contributed by atoms with Crippen molar-refractivity contribution in [1.82, 2.24) is 4.98 Å². The Morgan fingerprint density at radius 3 is 2.67 bits per heavy atom. The van der Waals surface area contributed by atoms with Crippen molar-refractivity contribution in [1.29, 1.82) is 0 Å². The molecule has 0 N–H and O–H groups in total. The Hall–Kier alpha value is -2.47. The van der Waals surface area contributed by atoms with Gasteiger partial charge in [0, 0.05) is 16.9 Å². The molecule has 1 heterocycles. The number of aromatic nitrogens is 1. The summed E-state index contributed by atoms with van der Waals surface area (Å²) in [6, 6.07) is 13.4. The fraction of sp³-hybridized carbons (Fsp3) is 0.111. The smallest absolute Gasteiger partial charge is 0.276 e. The highest BCUT2D eigenvalue weighted by Crippen LogP contribution is 2.24. The maximum atomic E-state index is 14.1. The molecule has 0 saturated heterocycles. The molecule has 4 nitrogen and oxygen atoms in total. The average molecular weight is 389 g/mol. The maximum Gasteiger partial charge on any atom is 0.276 e. The lowest BCUT2D eigenvalue weighted by Gasteiger charge is -2.18. The number of nitrogens with zero attached hydrogens (tertiary/aromatic N) is 2. The Bertz CT molecular complexity index is 930. The minimum Gasteiger partial charge on any atom is -0.497 e. The quantitative estimate of drug-likeness (QED) is 0.666. The highest BCUT2D eigenvalue weighted by atomic mass is 79.9. The van der Waals surface area contributed by atoms with Gasteiger partial charge in [-0.1, -0.05) is 22.0 Å². The van der Waals surface area contributed by atoms with Crippen molar-refractivity contribution in [2.24, 2.45) is 0 Å². The van der Waals surface area contributed by atoms with E-state index in [9.17, 15) is 9.18 Å². The molecule has 0 spiro atoms. The van der Waals surface area contributed by atoms with Crippen LogP contribution in [0.3, 0.4) is 0 Å². The Morgan fingerprint density at radius 2 is 1.96 bits per heavy atom. The largest absolute Gasteiger partial charge is 0.497 e. The molecule has 0 aliphatic carbocycles. The monoisotopic (exact) mass is 388 g/mol. The van der Waals surface area contributed by atoms with Crippen LogP contribution in [0.5, 0.6) is 5.75 Å². The van der Waals surface area contributed by atoms with E-state index >= 15 is 0 Å². The summed E-state index contributed by atoms with van der Waals surface area (Å²) in [7, 11) is 3.11. The second-order valence-electron chi connectivity index (χ2n) is 5.22. The summed E-state index contributed by atoms with van der Waals surface area (Å²) in [5, 5.41) is 0.864. The summed E-state index contributed by atoms with van der Waals surface area (Å²) < 4.78 is 19.8. The van der Waals surface area contributed by atoms with Crippen molar-refractivity contribution in [3.63, 3.8) is 0 Å². The fourth-order valence-corrected chi connectivity index (χ4v) is 2.72. The molecule has 3 rings (SSSR count). The van der Waals surface area contributed by atoms with Crippen LogP contribution in [-0.2, 0) is 0 Å². The van der Waals surface area contributed by atoms with Gasteiger partial charge in [-0.05, 0) is 42.5 Å². The number of anilines is 1. The number of amides is 1. The molecule has 24 heavy (non-hydrogen) atoms. The zero-order valence-corrected chi connectivity index (χ0v) is 14.7. The van der Waals surface area contributed by atoms with Crippen molar-refractivity contribution >= 4 is 38.4 Å². The second kappa shape index (κ2) is 6.57. The van der Waals surface area contributed by atoms with E-state index in [0.29, 0.717) is 9.99 Å². The Kier molecular flexibility index (Phi) is 4.49. The van der Waals surface area contributed by atoms with Gasteiger partial charge in [-0.15, -0.1) is 0 Å². The van der Waals surface area contributed by atoms with Gasteiger partial charge in [0.2, 0.25) is 0 Å². The lowest BCUT2D eigenvalue weighted by Crippen LogP contribution is -2.27. The van der Waals surface area contributed by atoms with Crippen LogP contribution in [0.1, 0.15) is 10.5 Å². The van der Waals surface area contributed by atoms with Gasteiger partial charge >= 0.3 is 0 Å². The van der Waals surface area contributed by atoms with Crippen molar-refractivity contribution in [2.45, 2.75) is 0 Å². The van der Waals surface area contributed by atoms with Gasteiger partial charge in [-0.3, -0.25) is 4.79 Å². The van der Waals surface area contributed by atoms with Crippen molar-refractivity contribution < 1.29 is 13.9 Å². The molecule has 0 saturated carbocycles. The van der Waals surface area contributed by atoms with Crippen LogP contribution in [0, 0.1) is 5.82 Å². The van der Waals surface area contributed by atoms with Crippen molar-refractivity contribution in [3.05, 3.63) is 64.5 Å². The van der Waals surface area contributed by atoms with Crippen LogP contribution in [0.25, 0.3) is 10.9 Å². The molecule has 0 fully saturated rings. The van der Waals surface area contributed by atoms with Gasteiger partial charge < -0.3 is 9.64 Å². The third kappa shape index (κ3) is 3.10. The summed E-state index contributed by atoms with van der Waals surface area (Å²) >= 11 is 3.20. The number of halogens is 2. The number of carbonyl (C=O) groups is 1. The fourth-order valence-electron chi connectivity index (χ4n) is 2.38. The van der Waals surface area contributed by atoms with Crippen molar-refractivity contribution in [3.8, 4) is 5.75 Å². The highest BCUT2D eigenvalue weighted by molar-refractivity contribution is 9.10. The van der Waals surface area contributed by atoms with Crippen LogP contribution < -0.4 is 9.64 Å². The molecule has 0 atom stereocenters. The zero-order valence-electron chi connectivity index (χ0n) is 13.1. The first-order valence-corrected chi connectivity index (χ1v) is 7.97. The van der Waals surface area contributed by atoms with Gasteiger partial charge in [0.25, 0.3) is 5.91 Å². The van der Waals surface area contributed by atoms with Crippen LogP contribution in [0.2, 0.25) is 0 Å². The summed E-state index contributed by atoms with van der Waals surface area (Å²) in [5.74, 6) is -0.142. The van der Waals surface area contributed by atoms with Gasteiger partial charge in [0.05, 0.1) is 18.3 Å². The first-order chi connectivity index (χ1) is 11.5. The highest BCUT2D eigenvalue weighted by Gasteiger charge is 2.18. The molecule has 1 amide bonds. The van der Waals surface area contributed by atoms with E-state index < -0.39 is 5.82 Å². The van der Waals surface area contributed by atoms with Crippen molar-refractivity contribution in [2.75, 3.05) is 19.1 Å². The summed E-state index contributed by atoms with van der Waals surface area (Å²) in [6.07, 6.45) is 0. The molecular formula is C18H14BrFN2O2. The molecule has 0 aliphatic rings. The van der Waals surface area contributed by atoms with Crippen LogP contribution in [-0.4, -0.2) is 25.0 Å². The van der Waals surface area contributed by atoms with E-state index in [-0.39, 0.29) is 17.3 Å². The molecular weight excluding hydrogens is 375 g/mol. The zero-order chi connectivity index (χ0) is 17.3. The van der Waals surface area contributed by atoms with E-state index in [1.54, 1.807) is 43.5 Å².